The summed E-state index contributed by atoms with van der Waals surface area (Å²) in [6.07, 6.45) is 3.54. The zero-order chi connectivity index (χ0) is 14.0. The second-order valence-corrected chi connectivity index (χ2v) is 5.32. The van der Waals surface area contributed by atoms with Gasteiger partial charge in [-0.2, -0.15) is 0 Å². The smallest absolute Gasteiger partial charge is 0.0457 e. The summed E-state index contributed by atoms with van der Waals surface area (Å²) < 4.78 is 0. The molecule has 2 aromatic carbocycles. The minimum atomic E-state index is 0.259. The van der Waals surface area contributed by atoms with Crippen molar-refractivity contribution in [2.24, 2.45) is 0 Å². The van der Waals surface area contributed by atoms with Gasteiger partial charge >= 0.3 is 0 Å². The summed E-state index contributed by atoms with van der Waals surface area (Å²) in [4.78, 5) is 0. The van der Waals surface area contributed by atoms with Crippen LogP contribution in [0.25, 0.3) is 0 Å². The van der Waals surface area contributed by atoms with Crippen LogP contribution in [0.3, 0.4) is 0 Å². The number of unbranched alkanes of at least 4 members (excludes halogenated alkanes) is 1. The quantitative estimate of drug-likeness (QED) is 0.553. The second kappa shape index (κ2) is 8.78. The maximum Gasteiger partial charge on any atom is 0.0457 e. The molecule has 0 aliphatic carbocycles. The Labute approximate surface area is 127 Å². The molecule has 20 heavy (non-hydrogen) atoms. The van der Waals surface area contributed by atoms with Gasteiger partial charge in [-0.25, -0.2) is 0 Å². The Morgan fingerprint density at radius 1 is 0.850 bits per heavy atom. The van der Waals surface area contributed by atoms with E-state index < -0.39 is 0 Å². The predicted molar refractivity (Wildman–Crippen MR) is 87.3 cm³/mol. The molecule has 2 aromatic rings. The van der Waals surface area contributed by atoms with Crippen LogP contribution in [0.1, 0.15) is 30.0 Å². The zero-order valence-corrected chi connectivity index (χ0v) is 12.5. The maximum atomic E-state index is 6.05. The standard InChI is InChI=1S/C18H22ClN/c19-15-18(17-12-5-2-6-13-17)20-14-8-7-11-16-9-3-1-4-10-16/h1-6,9-10,12-13,18,20H,7-8,11,14-15H2. The molecule has 1 N–H and O–H groups in total. The predicted octanol–water partition coefficient (Wildman–Crippen LogP) is 4.58. The van der Waals surface area contributed by atoms with Gasteiger partial charge in [0.1, 0.15) is 0 Å². The number of hydrogen-bond donors (Lipinski definition) is 1. The Hall–Kier alpha value is -1.31. The zero-order valence-electron chi connectivity index (χ0n) is 11.8. The first-order valence-corrected chi connectivity index (χ1v) is 7.82. The number of hydrogen-bond acceptors (Lipinski definition) is 1. The third-order valence-corrected chi connectivity index (χ3v) is 3.79. The van der Waals surface area contributed by atoms with E-state index in [0.29, 0.717) is 5.88 Å². The summed E-state index contributed by atoms with van der Waals surface area (Å²) in [6.45, 7) is 1.01. The molecule has 0 amide bonds. The molecule has 2 heteroatoms. The summed E-state index contributed by atoms with van der Waals surface area (Å²) >= 11 is 6.05. The molecule has 0 aliphatic heterocycles. The molecule has 1 atom stereocenters. The van der Waals surface area contributed by atoms with Crippen molar-refractivity contribution < 1.29 is 0 Å². The molecule has 0 fully saturated rings. The fraction of sp³-hybridized carbons (Fsp3) is 0.333. The highest BCUT2D eigenvalue weighted by atomic mass is 35.5. The summed E-state index contributed by atoms with van der Waals surface area (Å²) in [5.41, 5.74) is 2.69. The molecule has 0 radical (unpaired) electrons. The van der Waals surface area contributed by atoms with Crippen LogP contribution in [0.2, 0.25) is 0 Å². The molecule has 0 heterocycles. The van der Waals surface area contributed by atoms with Gasteiger partial charge in [-0.15, -0.1) is 11.6 Å². The SMILES string of the molecule is ClCC(NCCCCc1ccccc1)c1ccccc1. The number of rotatable bonds is 8. The van der Waals surface area contributed by atoms with Crippen molar-refractivity contribution in [3.63, 3.8) is 0 Å². The largest absolute Gasteiger partial charge is 0.309 e. The number of halogens is 1. The molecule has 106 valence electrons. The fourth-order valence-electron chi connectivity index (χ4n) is 2.32. The average Bonchev–Trinajstić information content (AvgIpc) is 2.53. The van der Waals surface area contributed by atoms with Gasteiger partial charge < -0.3 is 5.32 Å². The number of aryl methyl sites for hydroxylation is 1. The van der Waals surface area contributed by atoms with Crippen LogP contribution >= 0.6 is 11.6 Å². The molecule has 0 aliphatic rings. The first-order chi connectivity index (χ1) is 9.90. The monoisotopic (exact) mass is 287 g/mol. The fourth-order valence-corrected chi connectivity index (χ4v) is 2.61. The molecule has 2 rings (SSSR count). The van der Waals surface area contributed by atoms with E-state index in [0.717, 1.165) is 13.0 Å². The van der Waals surface area contributed by atoms with Crippen LogP contribution in [0, 0.1) is 0 Å². The number of benzene rings is 2. The van der Waals surface area contributed by atoms with Crippen molar-refractivity contribution >= 4 is 11.6 Å². The van der Waals surface area contributed by atoms with Gasteiger partial charge in [0.2, 0.25) is 0 Å². The van der Waals surface area contributed by atoms with E-state index in [9.17, 15) is 0 Å². The lowest BCUT2D eigenvalue weighted by Gasteiger charge is -2.16. The van der Waals surface area contributed by atoms with Gasteiger partial charge in [0, 0.05) is 11.9 Å². The summed E-state index contributed by atoms with van der Waals surface area (Å²) in [5, 5.41) is 3.54. The second-order valence-electron chi connectivity index (χ2n) is 5.01. The molecular formula is C18H22ClN. The van der Waals surface area contributed by atoms with Crippen molar-refractivity contribution in [1.82, 2.24) is 5.32 Å². The minimum Gasteiger partial charge on any atom is -0.309 e. The van der Waals surface area contributed by atoms with Crippen LogP contribution in [-0.4, -0.2) is 12.4 Å². The van der Waals surface area contributed by atoms with E-state index in [4.69, 9.17) is 11.6 Å². The molecule has 1 nitrogen and oxygen atoms in total. The maximum absolute atomic E-state index is 6.05. The topological polar surface area (TPSA) is 12.0 Å². The van der Waals surface area contributed by atoms with Crippen LogP contribution in [0.5, 0.6) is 0 Å². The average molecular weight is 288 g/mol. The van der Waals surface area contributed by atoms with Crippen LogP contribution in [0.15, 0.2) is 60.7 Å². The van der Waals surface area contributed by atoms with Crippen molar-refractivity contribution in [3.8, 4) is 0 Å². The summed E-state index contributed by atoms with van der Waals surface area (Å²) in [6, 6.07) is 21.3. The molecule has 0 saturated carbocycles. The van der Waals surface area contributed by atoms with Gasteiger partial charge in [-0.3, -0.25) is 0 Å². The molecule has 0 saturated heterocycles. The lowest BCUT2D eigenvalue weighted by molar-refractivity contribution is 0.550. The highest BCUT2D eigenvalue weighted by Crippen LogP contribution is 2.14. The Bertz CT molecular complexity index is 469. The Morgan fingerprint density at radius 3 is 2.15 bits per heavy atom. The molecule has 0 spiro atoms. The first-order valence-electron chi connectivity index (χ1n) is 7.28. The van der Waals surface area contributed by atoms with E-state index in [1.807, 2.05) is 6.07 Å². The Balaban J connectivity index is 1.67. The summed E-state index contributed by atoms with van der Waals surface area (Å²) in [7, 11) is 0. The molecular weight excluding hydrogens is 266 g/mol. The van der Waals surface area contributed by atoms with Crippen molar-refractivity contribution in [2.75, 3.05) is 12.4 Å². The van der Waals surface area contributed by atoms with Gasteiger partial charge in [0.05, 0.1) is 0 Å². The van der Waals surface area contributed by atoms with Crippen LogP contribution < -0.4 is 5.32 Å². The van der Waals surface area contributed by atoms with E-state index in [-0.39, 0.29) is 6.04 Å². The minimum absolute atomic E-state index is 0.259. The number of nitrogens with one attached hydrogen (secondary N) is 1. The van der Waals surface area contributed by atoms with Gasteiger partial charge in [0.25, 0.3) is 0 Å². The first kappa shape index (κ1) is 15.1. The van der Waals surface area contributed by atoms with E-state index in [1.165, 1.54) is 24.0 Å². The Kier molecular flexibility index (Phi) is 6.62. The Morgan fingerprint density at radius 2 is 1.50 bits per heavy atom. The highest BCUT2D eigenvalue weighted by molar-refractivity contribution is 6.18. The number of alkyl halides is 1. The van der Waals surface area contributed by atoms with E-state index in [2.05, 4.69) is 59.9 Å². The van der Waals surface area contributed by atoms with Gasteiger partial charge in [-0.1, -0.05) is 60.7 Å². The lowest BCUT2D eigenvalue weighted by atomic mass is 10.1. The van der Waals surface area contributed by atoms with Gasteiger partial charge in [0.15, 0.2) is 0 Å². The lowest BCUT2D eigenvalue weighted by Crippen LogP contribution is -2.23. The third-order valence-electron chi connectivity index (χ3n) is 3.48. The van der Waals surface area contributed by atoms with Crippen molar-refractivity contribution in [1.29, 1.82) is 0 Å². The molecule has 0 bridgehead atoms. The molecule has 1 unspecified atom stereocenters. The van der Waals surface area contributed by atoms with Crippen LogP contribution in [-0.2, 0) is 6.42 Å². The molecule has 0 aromatic heterocycles. The van der Waals surface area contributed by atoms with E-state index in [1.54, 1.807) is 0 Å². The van der Waals surface area contributed by atoms with Crippen molar-refractivity contribution in [3.05, 3.63) is 71.8 Å². The highest BCUT2D eigenvalue weighted by Gasteiger charge is 2.07. The van der Waals surface area contributed by atoms with Crippen molar-refractivity contribution in [2.45, 2.75) is 25.3 Å². The van der Waals surface area contributed by atoms with Crippen LogP contribution in [0.4, 0.5) is 0 Å². The third kappa shape index (κ3) is 4.99. The normalized spacial score (nSPS) is 12.2. The van der Waals surface area contributed by atoms with E-state index >= 15 is 0 Å². The summed E-state index contributed by atoms with van der Waals surface area (Å²) in [5.74, 6) is 0.614. The van der Waals surface area contributed by atoms with Gasteiger partial charge in [-0.05, 0) is 36.9 Å².